The third-order valence-corrected chi connectivity index (χ3v) is 14.0. The van der Waals surface area contributed by atoms with Crippen molar-refractivity contribution in [1.29, 1.82) is 0 Å². The van der Waals surface area contributed by atoms with Gasteiger partial charge in [0.05, 0.1) is 47.9 Å². The maximum atomic E-state index is 14.8. The molecule has 0 saturated heterocycles. The highest BCUT2D eigenvalue weighted by molar-refractivity contribution is 8.76. The van der Waals surface area contributed by atoms with E-state index < -0.39 is 35.5 Å². The summed E-state index contributed by atoms with van der Waals surface area (Å²) in [5.41, 5.74) is 4.13. The molecule has 2 aliphatic heterocycles. The molecule has 0 fully saturated rings. The average Bonchev–Trinajstić information content (AvgIpc) is 3.92. The highest BCUT2D eigenvalue weighted by Gasteiger charge is 2.39. The van der Waals surface area contributed by atoms with Crippen LogP contribution >= 0.6 is 21.6 Å². The van der Waals surface area contributed by atoms with Crippen LogP contribution in [-0.4, -0.2) is 101 Å². The van der Waals surface area contributed by atoms with Crippen LogP contribution in [0.15, 0.2) is 72.8 Å². The van der Waals surface area contributed by atoms with Crippen molar-refractivity contribution in [2.75, 3.05) is 24.6 Å². The largest absolute Gasteiger partial charge is 0.444 e. The Morgan fingerprint density at radius 3 is 1.33 bits per heavy atom. The van der Waals surface area contributed by atoms with E-state index in [9.17, 15) is 19.2 Å². The van der Waals surface area contributed by atoms with Crippen LogP contribution in [0.4, 0.5) is 9.59 Å². The van der Waals surface area contributed by atoms with Gasteiger partial charge in [-0.1, -0.05) is 135 Å². The van der Waals surface area contributed by atoms with E-state index in [1.165, 1.54) is 21.6 Å². The van der Waals surface area contributed by atoms with E-state index in [0.717, 1.165) is 85.3 Å². The van der Waals surface area contributed by atoms with Gasteiger partial charge in [-0.15, -0.1) is 0 Å². The number of aromatic nitrogens is 4. The Bertz CT molecular complexity index is 2060. The lowest BCUT2D eigenvalue weighted by Crippen LogP contribution is -2.54. The molecule has 4 aromatic rings. The minimum absolute atomic E-state index is 0.188. The maximum Gasteiger partial charge on any atom is 0.408 e. The number of hydrogen-bond donors (Lipinski definition) is 2. The van der Waals surface area contributed by atoms with Crippen molar-refractivity contribution in [2.45, 2.75) is 155 Å². The van der Waals surface area contributed by atoms with Crippen LogP contribution in [0.5, 0.6) is 0 Å². The first-order valence-corrected chi connectivity index (χ1v) is 26.1. The van der Waals surface area contributed by atoms with Gasteiger partial charge in [-0.05, 0) is 66.5 Å². The Morgan fingerprint density at radius 1 is 0.606 bits per heavy atom. The molecule has 2 aromatic carbocycles. The summed E-state index contributed by atoms with van der Waals surface area (Å²) in [5, 5.41) is 15.7. The number of nitrogens with one attached hydrogen (secondary N) is 2. The Balaban J connectivity index is 1.22. The number of carbonyl (C=O) groups is 4. The number of hydrogen-bond acceptors (Lipinski definition) is 10. The van der Waals surface area contributed by atoms with Gasteiger partial charge >= 0.3 is 12.2 Å². The van der Waals surface area contributed by atoms with E-state index in [1.807, 2.05) is 79.8 Å². The predicted molar refractivity (Wildman–Crippen MR) is 264 cm³/mol. The summed E-state index contributed by atoms with van der Waals surface area (Å²) < 4.78 is 15.4. The molecule has 2 aliphatic rings. The molecule has 6 rings (SSSR count). The van der Waals surface area contributed by atoms with Crippen LogP contribution in [-0.2, 0) is 32.2 Å². The monoisotopic (exact) mass is 942 g/mol. The van der Waals surface area contributed by atoms with Gasteiger partial charge in [0.15, 0.2) is 0 Å². The number of rotatable bonds is 19. The van der Waals surface area contributed by atoms with E-state index in [4.69, 9.17) is 19.7 Å². The van der Waals surface area contributed by atoms with Gasteiger partial charge in [-0.2, -0.15) is 10.2 Å². The van der Waals surface area contributed by atoms with Crippen molar-refractivity contribution in [2.24, 2.45) is 0 Å². The van der Waals surface area contributed by atoms with Crippen LogP contribution in [0.3, 0.4) is 0 Å². The first-order valence-electron chi connectivity index (χ1n) is 23.7. The molecule has 16 heteroatoms. The molecule has 4 atom stereocenters. The van der Waals surface area contributed by atoms with E-state index in [-0.39, 0.29) is 35.4 Å². The first kappa shape index (κ1) is 50.5. The van der Waals surface area contributed by atoms with E-state index in [2.05, 4.69) is 36.6 Å². The van der Waals surface area contributed by atoms with E-state index in [0.29, 0.717) is 26.2 Å². The molecule has 358 valence electrons. The van der Waals surface area contributed by atoms with Crippen LogP contribution in [0.25, 0.3) is 22.5 Å². The van der Waals surface area contributed by atoms with Gasteiger partial charge in [0.25, 0.3) is 0 Å². The second-order valence-electron chi connectivity index (χ2n) is 19.1. The molecule has 66 heavy (non-hydrogen) atoms. The van der Waals surface area contributed by atoms with Crippen molar-refractivity contribution in [3.63, 3.8) is 0 Å². The summed E-state index contributed by atoms with van der Waals surface area (Å²) in [5.74, 6) is -0.0434. The quantitative estimate of drug-likeness (QED) is 0.0686. The molecule has 2 unspecified atom stereocenters. The highest BCUT2D eigenvalue weighted by atomic mass is 33.1. The van der Waals surface area contributed by atoms with Crippen LogP contribution in [0.2, 0.25) is 0 Å². The van der Waals surface area contributed by atoms with E-state index in [1.54, 1.807) is 41.5 Å². The van der Waals surface area contributed by atoms with Crippen molar-refractivity contribution >= 4 is 45.6 Å². The molecule has 2 N–H and O–H groups in total. The summed E-state index contributed by atoms with van der Waals surface area (Å²) in [6, 6.07) is 21.9. The molecular formula is C50H70N8O6S2. The fraction of sp³-hybridized carbons (Fsp3) is 0.560. The number of fused-ring (bicyclic) bond motifs is 2. The lowest BCUT2D eigenvalue weighted by atomic mass is 10.00. The van der Waals surface area contributed by atoms with E-state index >= 15 is 0 Å². The molecule has 14 nitrogen and oxygen atoms in total. The van der Waals surface area contributed by atoms with Crippen molar-refractivity contribution in [1.82, 2.24) is 40.0 Å². The number of amides is 4. The van der Waals surface area contributed by atoms with Crippen molar-refractivity contribution in [3.8, 4) is 22.5 Å². The predicted octanol–water partition coefficient (Wildman–Crippen LogP) is 10.2. The SMILES string of the molecule is CCCCCC1c2cc(-c3ccccc3)nn2CCN1C(=O)[C@H](CSSC[C@H](NC(=O)OC(C)(C)C)C(=O)N1CCn2nc(-c3ccccc3)cc2C1CCCCC)NC(=O)OC(C)(C)C. The molecule has 0 bridgehead atoms. The zero-order valence-corrected chi connectivity index (χ0v) is 41.7. The molecule has 0 aliphatic carbocycles. The number of unbranched alkanes of at least 4 members (excludes halogenated alkanes) is 4. The minimum atomic E-state index is -0.939. The topological polar surface area (TPSA) is 153 Å². The number of benzene rings is 2. The summed E-state index contributed by atoms with van der Waals surface area (Å²) in [7, 11) is 2.74. The number of nitrogens with zero attached hydrogens (tertiary/aromatic N) is 6. The Labute approximate surface area is 399 Å². The smallest absolute Gasteiger partial charge is 0.408 e. The normalized spacial score (nSPS) is 17.0. The van der Waals surface area contributed by atoms with Crippen molar-refractivity contribution < 1.29 is 28.7 Å². The number of ether oxygens (including phenoxy) is 2. The van der Waals surface area contributed by atoms with Gasteiger partial charge in [-0.3, -0.25) is 19.0 Å². The molecule has 0 saturated carbocycles. The van der Waals surface area contributed by atoms with Crippen LogP contribution in [0, 0.1) is 0 Å². The Hall–Kier alpha value is -4.96. The van der Waals surface area contributed by atoms with Gasteiger partial charge in [0.2, 0.25) is 11.8 Å². The fourth-order valence-electron chi connectivity index (χ4n) is 8.49. The summed E-state index contributed by atoms with van der Waals surface area (Å²) >= 11 is 0. The highest BCUT2D eigenvalue weighted by Crippen LogP contribution is 2.37. The third kappa shape index (κ3) is 13.8. The summed E-state index contributed by atoms with van der Waals surface area (Å²) in [6.45, 7) is 16.9. The lowest BCUT2D eigenvalue weighted by Gasteiger charge is -2.38. The molecule has 0 spiro atoms. The lowest BCUT2D eigenvalue weighted by molar-refractivity contribution is -0.137. The number of carbonyl (C=O) groups excluding carboxylic acids is 4. The molecule has 4 amide bonds. The average molecular weight is 943 g/mol. The summed E-state index contributed by atoms with van der Waals surface area (Å²) in [6.07, 6.45) is 6.12. The number of alkyl carbamates (subject to hydrolysis) is 2. The zero-order valence-electron chi connectivity index (χ0n) is 40.1. The van der Waals surface area contributed by atoms with Gasteiger partial charge in [-0.25, -0.2) is 9.59 Å². The summed E-state index contributed by atoms with van der Waals surface area (Å²) in [4.78, 5) is 60.3. The Kier molecular flexibility index (Phi) is 17.7. The van der Waals surface area contributed by atoms with Crippen molar-refractivity contribution in [3.05, 3.63) is 84.2 Å². The first-order chi connectivity index (χ1) is 31.5. The second-order valence-corrected chi connectivity index (χ2v) is 21.7. The third-order valence-electron chi connectivity index (χ3n) is 11.6. The standard InChI is InChI=1S/C50H70N8O6S2/c1-9-11-15-25-41-43-31-37(35-21-17-13-18-22-35)53-57(43)29-27-55(41)45(59)39(51-47(61)63-49(3,4)5)33-65-66-34-40(52-48(62)64-50(6,7)8)46(60)56-28-30-58-44(42(56)26-16-12-10-2)32-38(54-58)36-23-19-14-20-24-36/h13-14,17-24,31-32,39-42H,9-12,15-16,25-30,33-34H2,1-8H3,(H,51,61)(H,52,62)/t39-,40-,41?,42?/m0/s1. The Morgan fingerprint density at radius 2 is 0.985 bits per heavy atom. The van der Waals surface area contributed by atoms with Gasteiger partial charge in [0.1, 0.15) is 23.3 Å². The maximum absolute atomic E-state index is 14.8. The van der Waals surface area contributed by atoms with Gasteiger partial charge < -0.3 is 29.9 Å². The fourth-order valence-corrected chi connectivity index (χ4v) is 10.8. The molecule has 0 radical (unpaired) electrons. The molecular weight excluding hydrogens is 873 g/mol. The zero-order chi connectivity index (χ0) is 47.4. The minimum Gasteiger partial charge on any atom is -0.444 e. The molecule has 4 heterocycles. The second kappa shape index (κ2) is 23.2. The van der Waals surface area contributed by atoms with Crippen LogP contribution in [0.1, 0.15) is 130 Å². The molecule has 2 aromatic heterocycles. The van der Waals surface area contributed by atoms with Crippen LogP contribution < -0.4 is 10.6 Å². The van der Waals surface area contributed by atoms with Gasteiger partial charge in [0, 0.05) is 35.7 Å².